The summed E-state index contributed by atoms with van der Waals surface area (Å²) in [5.74, 6) is -0.0632. The van der Waals surface area contributed by atoms with Crippen molar-refractivity contribution in [1.29, 1.82) is 0 Å². The lowest BCUT2D eigenvalue weighted by molar-refractivity contribution is -0.131. The van der Waals surface area contributed by atoms with Gasteiger partial charge in [0.05, 0.1) is 5.52 Å². The Morgan fingerprint density at radius 3 is 2.83 bits per heavy atom. The second-order valence-electron chi connectivity index (χ2n) is 7.79. The molecule has 0 radical (unpaired) electrons. The maximum Gasteiger partial charge on any atom is 0.263 e. The topological polar surface area (TPSA) is 84.3 Å². The van der Waals surface area contributed by atoms with Gasteiger partial charge in [-0.05, 0) is 54.7 Å². The number of carbonyl (C=O) groups is 2. The van der Waals surface area contributed by atoms with Crippen LogP contribution >= 0.6 is 0 Å². The normalized spacial score (nSPS) is 13.2. The second kappa shape index (κ2) is 8.49. The summed E-state index contributed by atoms with van der Waals surface area (Å²) >= 11 is 0. The van der Waals surface area contributed by atoms with Gasteiger partial charge >= 0.3 is 0 Å². The highest BCUT2D eigenvalue weighted by Crippen LogP contribution is 2.27. The van der Waals surface area contributed by atoms with Crippen molar-refractivity contribution < 1.29 is 9.59 Å². The van der Waals surface area contributed by atoms with Gasteiger partial charge in [0.1, 0.15) is 12.1 Å². The summed E-state index contributed by atoms with van der Waals surface area (Å²) in [7, 11) is 1.70. The quantitative estimate of drug-likeness (QED) is 0.654. The molecule has 1 aliphatic carbocycles. The van der Waals surface area contributed by atoms with Gasteiger partial charge in [0.25, 0.3) is 11.5 Å². The molecule has 0 spiro atoms. The molecule has 3 aromatic rings. The van der Waals surface area contributed by atoms with Crippen molar-refractivity contribution in [2.45, 2.75) is 25.9 Å². The number of likely N-dealkylation sites (N-methyl/N-ethyl adjacent to an activating group) is 1. The third kappa shape index (κ3) is 4.56. The van der Waals surface area contributed by atoms with Gasteiger partial charge in [-0.3, -0.25) is 19.4 Å². The molecular weight excluding hydrogens is 380 g/mol. The molecule has 0 unspecified atom stereocenters. The van der Waals surface area contributed by atoms with Gasteiger partial charge in [0.2, 0.25) is 5.91 Å². The summed E-state index contributed by atoms with van der Waals surface area (Å²) < 4.78 is 1.29. The third-order valence-corrected chi connectivity index (χ3v) is 5.33. The van der Waals surface area contributed by atoms with Crippen molar-refractivity contribution in [3.8, 4) is 0 Å². The number of nitrogens with zero attached hydrogens (tertiary/aromatic N) is 3. The molecule has 7 nitrogen and oxygen atoms in total. The van der Waals surface area contributed by atoms with Crippen LogP contribution in [-0.4, -0.2) is 39.9 Å². The van der Waals surface area contributed by atoms with Crippen molar-refractivity contribution in [3.05, 3.63) is 76.3 Å². The number of amides is 2. The van der Waals surface area contributed by atoms with E-state index in [9.17, 15) is 14.4 Å². The Morgan fingerprint density at radius 2 is 2.03 bits per heavy atom. The smallest absolute Gasteiger partial charge is 0.263 e. The van der Waals surface area contributed by atoms with E-state index < -0.39 is 5.56 Å². The van der Waals surface area contributed by atoms with E-state index in [2.05, 4.69) is 10.3 Å². The molecule has 0 atom stereocenters. The van der Waals surface area contributed by atoms with Crippen LogP contribution in [-0.2, 0) is 17.9 Å². The lowest BCUT2D eigenvalue weighted by Gasteiger charge is -2.18. The van der Waals surface area contributed by atoms with Crippen molar-refractivity contribution in [2.75, 3.05) is 13.6 Å². The van der Waals surface area contributed by atoms with E-state index >= 15 is 0 Å². The van der Waals surface area contributed by atoms with E-state index in [1.165, 1.54) is 16.8 Å². The number of benzene rings is 1. The molecule has 1 fully saturated rings. The molecule has 30 heavy (non-hydrogen) atoms. The van der Waals surface area contributed by atoms with Gasteiger partial charge in [-0.15, -0.1) is 0 Å². The number of nitrogens with one attached hydrogen (secondary N) is 1. The average Bonchev–Trinajstić information content (AvgIpc) is 3.58. The molecule has 0 aliphatic heterocycles. The summed E-state index contributed by atoms with van der Waals surface area (Å²) in [6.07, 6.45) is 5.52. The number of rotatable bonds is 7. The fourth-order valence-corrected chi connectivity index (χ4v) is 3.34. The molecule has 0 saturated heterocycles. The minimum Gasteiger partial charge on any atom is -0.352 e. The number of carbonyl (C=O) groups excluding carboxylic acids is 2. The molecule has 7 heteroatoms. The van der Waals surface area contributed by atoms with E-state index in [0.717, 1.165) is 29.3 Å². The third-order valence-electron chi connectivity index (χ3n) is 5.33. The first-order valence-electron chi connectivity index (χ1n) is 10.1. The van der Waals surface area contributed by atoms with Crippen LogP contribution in [0, 0.1) is 5.92 Å². The molecule has 154 valence electrons. The van der Waals surface area contributed by atoms with E-state index in [1.54, 1.807) is 24.2 Å². The molecule has 2 amide bonds. The van der Waals surface area contributed by atoms with Gasteiger partial charge in [0.15, 0.2) is 0 Å². The minimum atomic E-state index is -0.454. The van der Waals surface area contributed by atoms with Crippen molar-refractivity contribution >= 4 is 22.7 Å². The monoisotopic (exact) mass is 404 g/mol. The van der Waals surface area contributed by atoms with Crippen LogP contribution in [0.25, 0.3) is 10.9 Å². The summed E-state index contributed by atoms with van der Waals surface area (Å²) in [6.45, 7) is 0.893. The van der Waals surface area contributed by atoms with Gasteiger partial charge in [-0.2, -0.15) is 0 Å². The van der Waals surface area contributed by atoms with Crippen LogP contribution in [0.15, 0.2) is 59.7 Å². The molecule has 1 N–H and O–H groups in total. The number of hydrogen-bond donors (Lipinski definition) is 1. The number of pyridine rings is 2. The Kier molecular flexibility index (Phi) is 5.61. The van der Waals surface area contributed by atoms with Gasteiger partial charge in [0, 0.05) is 37.9 Å². The Morgan fingerprint density at radius 1 is 1.20 bits per heavy atom. The Labute approximate surface area is 174 Å². The Hall–Kier alpha value is -3.48. The number of hydrogen-bond acceptors (Lipinski definition) is 4. The lowest BCUT2D eigenvalue weighted by Crippen LogP contribution is -2.37. The fraction of sp³-hybridized carbons (Fsp3) is 0.304. The molecule has 4 rings (SSSR count). The first-order valence-corrected chi connectivity index (χ1v) is 10.1. The molecule has 2 aromatic heterocycles. The van der Waals surface area contributed by atoms with Crippen LogP contribution < -0.4 is 10.9 Å². The molecule has 1 aromatic carbocycles. The molecular formula is C23H24N4O3. The zero-order valence-electron chi connectivity index (χ0n) is 16.9. The predicted octanol–water partition coefficient (Wildman–Crippen LogP) is 2.19. The van der Waals surface area contributed by atoms with Crippen LogP contribution in [0.3, 0.4) is 0 Å². The van der Waals surface area contributed by atoms with Gasteiger partial charge < -0.3 is 14.8 Å². The van der Waals surface area contributed by atoms with Gasteiger partial charge in [-0.25, -0.2) is 0 Å². The molecule has 0 bridgehead atoms. The van der Waals surface area contributed by atoms with Crippen molar-refractivity contribution in [3.63, 3.8) is 0 Å². The van der Waals surface area contributed by atoms with E-state index in [4.69, 9.17) is 0 Å². The summed E-state index contributed by atoms with van der Waals surface area (Å²) in [4.78, 5) is 43.5. The van der Waals surface area contributed by atoms with Crippen molar-refractivity contribution in [1.82, 2.24) is 19.8 Å². The standard InChI is InChI=1S/C23H24N4O3/c1-26(14-17-8-9-20-18(12-17)4-2-10-24-20)21(28)15-27-11-3-5-19(23(27)30)22(29)25-13-16-6-7-16/h2-5,8-12,16H,6-7,13-15H2,1H3,(H,25,29). The Balaban J connectivity index is 1.42. The van der Waals surface area contributed by atoms with E-state index in [1.807, 2.05) is 30.3 Å². The first kappa shape index (κ1) is 19.8. The maximum absolute atomic E-state index is 12.7. The minimum absolute atomic E-state index is 0.0654. The molecule has 1 aliphatic rings. The summed E-state index contributed by atoms with van der Waals surface area (Å²) in [5.41, 5.74) is 1.49. The second-order valence-corrected chi connectivity index (χ2v) is 7.79. The Bertz CT molecular complexity index is 1150. The van der Waals surface area contributed by atoms with Crippen LogP contribution in [0.2, 0.25) is 0 Å². The zero-order valence-corrected chi connectivity index (χ0v) is 16.9. The van der Waals surface area contributed by atoms with Crippen LogP contribution in [0.1, 0.15) is 28.8 Å². The summed E-state index contributed by atoms with van der Waals surface area (Å²) in [5, 5.41) is 3.81. The number of aromatic nitrogens is 2. The largest absolute Gasteiger partial charge is 0.352 e. The van der Waals surface area contributed by atoms with E-state index in [-0.39, 0.29) is 23.9 Å². The summed E-state index contributed by atoms with van der Waals surface area (Å²) in [6, 6.07) is 12.8. The fourth-order valence-electron chi connectivity index (χ4n) is 3.34. The predicted molar refractivity (Wildman–Crippen MR) is 114 cm³/mol. The molecule has 1 saturated carbocycles. The lowest BCUT2D eigenvalue weighted by atomic mass is 10.1. The average molecular weight is 404 g/mol. The zero-order chi connectivity index (χ0) is 21.1. The SMILES string of the molecule is CN(Cc1ccc2ncccc2c1)C(=O)Cn1cccc(C(=O)NCC2CC2)c1=O. The highest BCUT2D eigenvalue weighted by atomic mass is 16.2. The highest BCUT2D eigenvalue weighted by Gasteiger charge is 2.23. The highest BCUT2D eigenvalue weighted by molar-refractivity contribution is 5.93. The van der Waals surface area contributed by atoms with Crippen LogP contribution in [0.4, 0.5) is 0 Å². The first-order chi connectivity index (χ1) is 14.5. The van der Waals surface area contributed by atoms with E-state index in [0.29, 0.717) is 19.0 Å². The number of fused-ring (bicyclic) bond motifs is 1. The maximum atomic E-state index is 12.7. The van der Waals surface area contributed by atoms with Crippen molar-refractivity contribution in [2.24, 2.45) is 5.92 Å². The van der Waals surface area contributed by atoms with Crippen LogP contribution in [0.5, 0.6) is 0 Å². The molecule has 2 heterocycles. The van der Waals surface area contributed by atoms with Gasteiger partial charge in [-0.1, -0.05) is 12.1 Å².